The molecule has 0 aromatic carbocycles. The monoisotopic (exact) mass is 295 g/mol. The van der Waals surface area contributed by atoms with E-state index in [1.165, 1.54) is 0 Å². The van der Waals surface area contributed by atoms with E-state index in [1.54, 1.807) is 18.3 Å². The minimum absolute atomic E-state index is 0.0353. The first-order valence-corrected chi connectivity index (χ1v) is 8.36. The van der Waals surface area contributed by atoms with Crippen LogP contribution in [-0.4, -0.2) is 35.0 Å². The SMILES string of the molecule is CCNc1cc(C(=O)NCC(CC)(CC)SC)ccn1. The molecule has 1 aromatic rings. The summed E-state index contributed by atoms with van der Waals surface area (Å²) < 4.78 is 0.132. The van der Waals surface area contributed by atoms with Gasteiger partial charge in [-0.15, -0.1) is 0 Å². The number of rotatable bonds is 8. The summed E-state index contributed by atoms with van der Waals surface area (Å²) in [7, 11) is 0. The van der Waals surface area contributed by atoms with E-state index in [0.717, 1.165) is 25.2 Å². The highest BCUT2D eigenvalue weighted by Gasteiger charge is 2.25. The van der Waals surface area contributed by atoms with Crippen LogP contribution in [-0.2, 0) is 0 Å². The molecule has 0 bridgehead atoms. The molecule has 0 saturated carbocycles. The number of carbonyl (C=O) groups excluding carboxylic acids is 1. The topological polar surface area (TPSA) is 54.0 Å². The highest BCUT2D eigenvalue weighted by Crippen LogP contribution is 2.29. The molecular formula is C15H25N3OS. The molecule has 1 rings (SSSR count). The molecular weight excluding hydrogens is 270 g/mol. The Balaban J connectivity index is 2.69. The Bertz CT molecular complexity index is 425. The molecule has 0 atom stereocenters. The molecule has 112 valence electrons. The minimum Gasteiger partial charge on any atom is -0.370 e. The van der Waals surface area contributed by atoms with E-state index < -0.39 is 0 Å². The minimum atomic E-state index is -0.0353. The van der Waals surface area contributed by atoms with E-state index in [0.29, 0.717) is 12.1 Å². The molecule has 20 heavy (non-hydrogen) atoms. The molecule has 0 radical (unpaired) electrons. The van der Waals surface area contributed by atoms with E-state index in [9.17, 15) is 4.79 Å². The van der Waals surface area contributed by atoms with E-state index in [2.05, 4.69) is 35.7 Å². The summed E-state index contributed by atoms with van der Waals surface area (Å²) in [6.07, 6.45) is 5.86. The van der Waals surface area contributed by atoms with Crippen molar-refractivity contribution in [3.63, 3.8) is 0 Å². The maximum atomic E-state index is 12.2. The quantitative estimate of drug-likeness (QED) is 0.773. The summed E-state index contributed by atoms with van der Waals surface area (Å²) >= 11 is 1.83. The number of thioether (sulfide) groups is 1. The lowest BCUT2D eigenvalue weighted by Crippen LogP contribution is -2.39. The average Bonchev–Trinajstić information content (AvgIpc) is 2.49. The fourth-order valence-electron chi connectivity index (χ4n) is 2.05. The molecule has 1 heterocycles. The van der Waals surface area contributed by atoms with Gasteiger partial charge in [-0.05, 0) is 38.2 Å². The highest BCUT2D eigenvalue weighted by atomic mass is 32.2. The van der Waals surface area contributed by atoms with Gasteiger partial charge in [-0.2, -0.15) is 11.8 Å². The lowest BCUT2D eigenvalue weighted by molar-refractivity contribution is 0.0949. The number of hydrogen-bond acceptors (Lipinski definition) is 4. The van der Waals surface area contributed by atoms with E-state index in [-0.39, 0.29) is 10.7 Å². The molecule has 0 aliphatic carbocycles. The Morgan fingerprint density at radius 3 is 2.60 bits per heavy atom. The molecule has 0 aliphatic heterocycles. The van der Waals surface area contributed by atoms with Crippen molar-refractivity contribution in [2.45, 2.75) is 38.4 Å². The van der Waals surface area contributed by atoms with Crippen LogP contribution >= 0.6 is 11.8 Å². The Morgan fingerprint density at radius 2 is 2.05 bits per heavy atom. The van der Waals surface area contributed by atoms with Crippen molar-refractivity contribution in [1.82, 2.24) is 10.3 Å². The van der Waals surface area contributed by atoms with Crippen molar-refractivity contribution >= 4 is 23.5 Å². The Labute approximate surface area is 126 Å². The third-order valence-corrected chi connectivity index (χ3v) is 5.26. The summed E-state index contributed by atoms with van der Waals surface area (Å²) in [5, 5.41) is 6.16. The van der Waals surface area contributed by atoms with Crippen LogP contribution in [0.25, 0.3) is 0 Å². The predicted molar refractivity (Wildman–Crippen MR) is 87.6 cm³/mol. The van der Waals surface area contributed by atoms with Gasteiger partial charge in [0.1, 0.15) is 5.82 Å². The Morgan fingerprint density at radius 1 is 1.35 bits per heavy atom. The second kappa shape index (κ2) is 8.15. The van der Waals surface area contributed by atoms with Crippen molar-refractivity contribution in [1.29, 1.82) is 0 Å². The third-order valence-electron chi connectivity index (χ3n) is 3.67. The average molecular weight is 295 g/mol. The van der Waals surface area contributed by atoms with Crippen LogP contribution in [0, 0.1) is 0 Å². The van der Waals surface area contributed by atoms with Gasteiger partial charge in [0, 0.05) is 29.6 Å². The fraction of sp³-hybridized carbons (Fsp3) is 0.600. The first-order valence-electron chi connectivity index (χ1n) is 7.14. The molecule has 5 heteroatoms. The second-order valence-corrected chi connectivity index (χ2v) is 6.01. The van der Waals surface area contributed by atoms with E-state index in [4.69, 9.17) is 0 Å². The Hall–Kier alpha value is -1.23. The molecule has 0 spiro atoms. The number of carbonyl (C=O) groups is 1. The van der Waals surface area contributed by atoms with Gasteiger partial charge >= 0.3 is 0 Å². The van der Waals surface area contributed by atoms with Gasteiger partial charge in [0.05, 0.1) is 0 Å². The van der Waals surface area contributed by atoms with Crippen molar-refractivity contribution in [3.8, 4) is 0 Å². The number of nitrogens with one attached hydrogen (secondary N) is 2. The predicted octanol–water partition coefficient (Wildman–Crippen LogP) is 3.17. The second-order valence-electron chi connectivity index (χ2n) is 4.74. The molecule has 0 saturated heterocycles. The largest absolute Gasteiger partial charge is 0.370 e. The maximum absolute atomic E-state index is 12.2. The smallest absolute Gasteiger partial charge is 0.251 e. The number of nitrogens with zero attached hydrogens (tertiary/aromatic N) is 1. The molecule has 0 unspecified atom stereocenters. The summed E-state index contributed by atoms with van der Waals surface area (Å²) in [4.78, 5) is 16.4. The van der Waals surface area contributed by atoms with Crippen molar-refractivity contribution < 1.29 is 4.79 Å². The number of pyridine rings is 1. The first kappa shape index (κ1) is 16.8. The molecule has 2 N–H and O–H groups in total. The van der Waals surface area contributed by atoms with Crippen LogP contribution in [0.5, 0.6) is 0 Å². The third kappa shape index (κ3) is 4.40. The van der Waals surface area contributed by atoms with Crippen LogP contribution < -0.4 is 10.6 Å². The van der Waals surface area contributed by atoms with Gasteiger partial charge in [0.25, 0.3) is 5.91 Å². The highest BCUT2D eigenvalue weighted by molar-refractivity contribution is 8.00. The van der Waals surface area contributed by atoms with Gasteiger partial charge in [-0.25, -0.2) is 4.98 Å². The molecule has 1 amide bonds. The zero-order chi connectivity index (χ0) is 15.0. The van der Waals surface area contributed by atoms with Gasteiger partial charge in [-0.1, -0.05) is 13.8 Å². The van der Waals surface area contributed by atoms with Crippen LogP contribution in [0.2, 0.25) is 0 Å². The number of hydrogen-bond donors (Lipinski definition) is 2. The summed E-state index contributed by atoms with van der Waals surface area (Å²) in [6, 6.07) is 3.53. The lowest BCUT2D eigenvalue weighted by Gasteiger charge is -2.29. The van der Waals surface area contributed by atoms with Crippen molar-refractivity contribution in [2.75, 3.05) is 24.7 Å². The van der Waals surface area contributed by atoms with Crippen molar-refractivity contribution in [2.24, 2.45) is 0 Å². The molecule has 0 aliphatic rings. The number of aromatic nitrogens is 1. The summed E-state index contributed by atoms with van der Waals surface area (Å²) in [5.74, 6) is 0.703. The Kier molecular flexibility index (Phi) is 6.85. The summed E-state index contributed by atoms with van der Waals surface area (Å²) in [6.45, 7) is 7.83. The van der Waals surface area contributed by atoms with Crippen LogP contribution in [0.1, 0.15) is 44.0 Å². The lowest BCUT2D eigenvalue weighted by atomic mass is 10.0. The van der Waals surface area contributed by atoms with Gasteiger partial charge in [-0.3, -0.25) is 4.79 Å². The van der Waals surface area contributed by atoms with Crippen molar-refractivity contribution in [3.05, 3.63) is 23.9 Å². The van der Waals surface area contributed by atoms with Crippen LogP contribution in [0.15, 0.2) is 18.3 Å². The maximum Gasteiger partial charge on any atom is 0.251 e. The van der Waals surface area contributed by atoms with E-state index >= 15 is 0 Å². The normalized spacial score (nSPS) is 11.2. The molecule has 4 nitrogen and oxygen atoms in total. The van der Waals surface area contributed by atoms with Gasteiger partial charge < -0.3 is 10.6 Å². The van der Waals surface area contributed by atoms with Gasteiger partial charge in [0.15, 0.2) is 0 Å². The zero-order valence-corrected chi connectivity index (χ0v) is 13.6. The zero-order valence-electron chi connectivity index (χ0n) is 12.8. The molecule has 0 fully saturated rings. The molecule has 1 aromatic heterocycles. The number of amides is 1. The van der Waals surface area contributed by atoms with Crippen LogP contribution in [0.4, 0.5) is 5.82 Å². The summed E-state index contributed by atoms with van der Waals surface area (Å²) in [5.41, 5.74) is 0.651. The van der Waals surface area contributed by atoms with Gasteiger partial charge in [0.2, 0.25) is 0 Å². The standard InChI is InChI=1S/C15H25N3OS/c1-5-15(6-2,20-4)11-18-14(19)12-8-9-17-13(10-12)16-7-3/h8-10H,5-7,11H2,1-4H3,(H,16,17)(H,18,19). The van der Waals surface area contributed by atoms with Crippen LogP contribution in [0.3, 0.4) is 0 Å². The van der Waals surface area contributed by atoms with E-state index in [1.807, 2.05) is 18.7 Å². The first-order chi connectivity index (χ1) is 9.60. The fourth-order valence-corrected chi connectivity index (χ4v) is 2.85. The number of anilines is 1.